The van der Waals surface area contributed by atoms with Crippen LogP contribution in [0.1, 0.15) is 48.8 Å². The Morgan fingerprint density at radius 1 is 1.29 bits per heavy atom. The summed E-state index contributed by atoms with van der Waals surface area (Å²) in [4.78, 5) is 11.2. The first-order valence-electron chi connectivity index (χ1n) is 6.08. The lowest BCUT2D eigenvalue weighted by Gasteiger charge is -2.12. The number of hydrogen-bond donors (Lipinski definition) is 1. The van der Waals surface area contributed by atoms with E-state index in [1.54, 1.807) is 0 Å². The highest BCUT2D eigenvalue weighted by atomic mass is 16.5. The van der Waals surface area contributed by atoms with Crippen molar-refractivity contribution < 1.29 is 14.6 Å². The van der Waals surface area contributed by atoms with Gasteiger partial charge in [0.25, 0.3) is 0 Å². The molecular weight excluding hydrogens is 216 g/mol. The van der Waals surface area contributed by atoms with Gasteiger partial charge in [0, 0.05) is 0 Å². The third-order valence-corrected chi connectivity index (χ3v) is 3.50. The van der Waals surface area contributed by atoms with E-state index in [2.05, 4.69) is 4.74 Å². The van der Waals surface area contributed by atoms with Crippen LogP contribution < -0.4 is 0 Å². The summed E-state index contributed by atoms with van der Waals surface area (Å²) in [6.45, 7) is 0. The summed E-state index contributed by atoms with van der Waals surface area (Å²) in [6.07, 6.45) is 3.93. The van der Waals surface area contributed by atoms with Gasteiger partial charge >= 0.3 is 5.97 Å². The molecule has 3 heteroatoms. The molecular formula is C14H18O3. The standard InChI is InChI=1S/C14H18O3/c1-17-14(16)13(15)12-8-6-11(7-9-12)10-4-2-3-5-10/h6-10,13,15H,2-5H2,1H3/t13-/m0/s1. The molecule has 17 heavy (non-hydrogen) atoms. The molecule has 0 unspecified atom stereocenters. The summed E-state index contributed by atoms with van der Waals surface area (Å²) in [6, 6.07) is 7.65. The average molecular weight is 234 g/mol. The minimum atomic E-state index is -1.17. The fraction of sp³-hybridized carbons (Fsp3) is 0.500. The molecule has 1 aromatic carbocycles. The summed E-state index contributed by atoms with van der Waals surface area (Å²) in [5, 5.41) is 9.67. The number of aliphatic hydroxyl groups is 1. The van der Waals surface area contributed by atoms with Crippen molar-refractivity contribution in [1.82, 2.24) is 0 Å². The van der Waals surface area contributed by atoms with Gasteiger partial charge in [0.2, 0.25) is 0 Å². The van der Waals surface area contributed by atoms with Crippen molar-refractivity contribution in [1.29, 1.82) is 0 Å². The first-order valence-corrected chi connectivity index (χ1v) is 6.08. The van der Waals surface area contributed by atoms with E-state index in [-0.39, 0.29) is 0 Å². The fourth-order valence-electron chi connectivity index (χ4n) is 2.46. The number of aliphatic hydroxyl groups excluding tert-OH is 1. The van der Waals surface area contributed by atoms with E-state index >= 15 is 0 Å². The van der Waals surface area contributed by atoms with Crippen LogP contribution in [0, 0.1) is 0 Å². The Morgan fingerprint density at radius 2 is 1.88 bits per heavy atom. The number of benzene rings is 1. The fourth-order valence-corrected chi connectivity index (χ4v) is 2.46. The molecule has 0 saturated heterocycles. The number of methoxy groups -OCH3 is 1. The molecule has 0 radical (unpaired) electrons. The molecule has 1 aliphatic carbocycles. The highest BCUT2D eigenvalue weighted by Crippen LogP contribution is 2.34. The van der Waals surface area contributed by atoms with Gasteiger partial charge in [-0.3, -0.25) is 0 Å². The van der Waals surface area contributed by atoms with Gasteiger partial charge in [0.05, 0.1) is 7.11 Å². The molecule has 0 aliphatic heterocycles. The summed E-state index contributed by atoms with van der Waals surface area (Å²) in [7, 11) is 1.28. The van der Waals surface area contributed by atoms with E-state index in [0.717, 1.165) is 0 Å². The Bertz CT molecular complexity index is 377. The Kier molecular flexibility index (Phi) is 3.79. The van der Waals surface area contributed by atoms with Gasteiger partial charge in [0.15, 0.2) is 6.10 Å². The zero-order chi connectivity index (χ0) is 12.3. The maximum atomic E-state index is 11.2. The third-order valence-electron chi connectivity index (χ3n) is 3.50. The van der Waals surface area contributed by atoms with Gasteiger partial charge in [-0.25, -0.2) is 4.79 Å². The van der Waals surface area contributed by atoms with Crippen LogP contribution in [0.3, 0.4) is 0 Å². The van der Waals surface area contributed by atoms with Crippen LogP contribution in [0.15, 0.2) is 24.3 Å². The zero-order valence-corrected chi connectivity index (χ0v) is 10.1. The van der Waals surface area contributed by atoms with Crippen LogP contribution in [-0.2, 0) is 9.53 Å². The quantitative estimate of drug-likeness (QED) is 0.817. The summed E-state index contributed by atoms with van der Waals surface area (Å²) in [5.41, 5.74) is 1.90. The molecule has 1 atom stereocenters. The molecule has 0 heterocycles. The number of carbonyl (C=O) groups is 1. The lowest BCUT2D eigenvalue weighted by atomic mass is 9.96. The van der Waals surface area contributed by atoms with Crippen molar-refractivity contribution in [3.63, 3.8) is 0 Å². The molecule has 3 nitrogen and oxygen atoms in total. The minimum absolute atomic E-state index is 0.596. The van der Waals surface area contributed by atoms with Crippen LogP contribution in [0.25, 0.3) is 0 Å². The van der Waals surface area contributed by atoms with Crippen LogP contribution >= 0.6 is 0 Å². The third kappa shape index (κ3) is 2.67. The van der Waals surface area contributed by atoms with Crippen LogP contribution in [0.4, 0.5) is 0 Å². The molecule has 1 aromatic rings. The van der Waals surface area contributed by atoms with Crippen LogP contribution in [0.2, 0.25) is 0 Å². The van der Waals surface area contributed by atoms with Gasteiger partial charge < -0.3 is 9.84 Å². The predicted octanol–water partition coefficient (Wildman–Crippen LogP) is 2.55. The molecule has 0 spiro atoms. The van der Waals surface area contributed by atoms with E-state index in [0.29, 0.717) is 11.5 Å². The Hall–Kier alpha value is -1.35. The minimum Gasteiger partial charge on any atom is -0.467 e. The predicted molar refractivity (Wildman–Crippen MR) is 64.6 cm³/mol. The molecule has 1 N–H and O–H groups in total. The topological polar surface area (TPSA) is 46.5 Å². The van der Waals surface area contributed by atoms with Gasteiger partial charge in [-0.1, -0.05) is 37.1 Å². The number of esters is 1. The second kappa shape index (κ2) is 5.32. The van der Waals surface area contributed by atoms with Gasteiger partial charge in [-0.05, 0) is 29.9 Å². The van der Waals surface area contributed by atoms with Gasteiger partial charge in [-0.15, -0.1) is 0 Å². The molecule has 1 fully saturated rings. The monoisotopic (exact) mass is 234 g/mol. The summed E-state index contributed by atoms with van der Waals surface area (Å²) in [5.74, 6) is 0.0398. The number of rotatable bonds is 3. The number of carbonyl (C=O) groups excluding carboxylic acids is 1. The van der Waals surface area contributed by atoms with Crippen molar-refractivity contribution >= 4 is 5.97 Å². The van der Waals surface area contributed by atoms with E-state index in [1.807, 2.05) is 24.3 Å². The van der Waals surface area contributed by atoms with E-state index in [9.17, 15) is 9.90 Å². The van der Waals surface area contributed by atoms with Crippen molar-refractivity contribution in [3.8, 4) is 0 Å². The first-order chi connectivity index (χ1) is 8.22. The normalized spacial score (nSPS) is 18.0. The second-order valence-corrected chi connectivity index (χ2v) is 4.57. The molecule has 1 aliphatic rings. The molecule has 0 bridgehead atoms. The first kappa shape index (κ1) is 12.1. The van der Waals surface area contributed by atoms with Gasteiger partial charge in [0.1, 0.15) is 0 Å². The Labute approximate surface area is 101 Å². The molecule has 0 aromatic heterocycles. The summed E-state index contributed by atoms with van der Waals surface area (Å²) < 4.78 is 4.51. The summed E-state index contributed by atoms with van der Waals surface area (Å²) >= 11 is 0. The molecule has 1 saturated carbocycles. The second-order valence-electron chi connectivity index (χ2n) is 4.57. The molecule has 0 amide bonds. The largest absolute Gasteiger partial charge is 0.467 e. The average Bonchev–Trinajstić information content (AvgIpc) is 2.91. The maximum absolute atomic E-state index is 11.2. The van der Waals surface area contributed by atoms with Crippen molar-refractivity contribution in [2.24, 2.45) is 0 Å². The van der Waals surface area contributed by atoms with Crippen LogP contribution in [-0.4, -0.2) is 18.2 Å². The lowest BCUT2D eigenvalue weighted by molar-refractivity contribution is -0.150. The van der Waals surface area contributed by atoms with E-state index in [4.69, 9.17) is 0 Å². The van der Waals surface area contributed by atoms with E-state index < -0.39 is 12.1 Å². The lowest BCUT2D eigenvalue weighted by Crippen LogP contribution is -2.13. The molecule has 2 rings (SSSR count). The Morgan fingerprint density at radius 3 is 2.41 bits per heavy atom. The highest BCUT2D eigenvalue weighted by Gasteiger charge is 2.20. The number of ether oxygens (including phenoxy) is 1. The van der Waals surface area contributed by atoms with Gasteiger partial charge in [-0.2, -0.15) is 0 Å². The zero-order valence-electron chi connectivity index (χ0n) is 10.1. The Balaban J connectivity index is 2.09. The highest BCUT2D eigenvalue weighted by molar-refractivity contribution is 5.76. The van der Waals surface area contributed by atoms with Crippen molar-refractivity contribution in [3.05, 3.63) is 35.4 Å². The smallest absolute Gasteiger partial charge is 0.339 e. The van der Waals surface area contributed by atoms with Crippen LogP contribution in [0.5, 0.6) is 0 Å². The number of hydrogen-bond acceptors (Lipinski definition) is 3. The maximum Gasteiger partial charge on any atom is 0.339 e. The SMILES string of the molecule is COC(=O)[C@@H](O)c1ccc(C2CCCC2)cc1. The van der Waals surface area contributed by atoms with E-state index in [1.165, 1.54) is 38.4 Å². The molecule has 92 valence electrons. The van der Waals surface area contributed by atoms with Crippen molar-refractivity contribution in [2.75, 3.05) is 7.11 Å². The van der Waals surface area contributed by atoms with Crippen molar-refractivity contribution in [2.45, 2.75) is 37.7 Å².